The normalized spacial score (nSPS) is 11.7. The Labute approximate surface area is 75.0 Å². The minimum atomic E-state index is -1.05. The summed E-state index contributed by atoms with van der Waals surface area (Å²) in [6, 6.07) is 0. The van der Waals surface area contributed by atoms with Crippen LogP contribution in [0.1, 0.15) is 52.9 Å². The number of hydrogen-bond donors (Lipinski definition) is 1. The highest BCUT2D eigenvalue weighted by Crippen LogP contribution is 2.18. The number of hydrogen-bond acceptors (Lipinski definition) is 2. The summed E-state index contributed by atoms with van der Waals surface area (Å²) in [5.74, 6) is 0.00866. The molecule has 0 aromatic heterocycles. The van der Waals surface area contributed by atoms with E-state index in [4.69, 9.17) is 0 Å². The number of rotatable bonds is 6. The van der Waals surface area contributed by atoms with E-state index >= 15 is 0 Å². The van der Waals surface area contributed by atoms with Gasteiger partial charge in [-0.25, -0.2) is 0 Å². The van der Waals surface area contributed by atoms with Gasteiger partial charge in [0.05, 0.1) is 0 Å². The molecule has 0 bridgehead atoms. The maximum atomic E-state index is 11.4. The van der Waals surface area contributed by atoms with Crippen molar-refractivity contribution in [2.45, 2.75) is 58.5 Å². The Kier molecular flexibility index (Phi) is 5.14. The second-order valence-electron chi connectivity index (χ2n) is 3.27. The Balaban J connectivity index is 4.03. The number of carbonyl (C=O) groups is 1. The first-order valence-electron chi connectivity index (χ1n) is 4.86. The molecule has 0 radical (unpaired) electrons. The van der Waals surface area contributed by atoms with E-state index in [0.717, 1.165) is 12.8 Å². The fourth-order valence-electron chi connectivity index (χ4n) is 1.21. The number of unbranched alkanes of at least 4 members (excludes halogenated alkanes) is 1. The van der Waals surface area contributed by atoms with Crippen molar-refractivity contribution >= 4 is 5.78 Å². The van der Waals surface area contributed by atoms with Crippen LogP contribution >= 0.6 is 0 Å². The molecular formula is C10H20O2. The highest BCUT2D eigenvalue weighted by atomic mass is 16.3. The number of Topliss-reactive ketones (excluding diaryl/α,β-unsaturated/α-hetero) is 1. The molecule has 0 atom stereocenters. The van der Waals surface area contributed by atoms with Gasteiger partial charge in [-0.3, -0.25) is 4.79 Å². The zero-order valence-corrected chi connectivity index (χ0v) is 8.39. The molecule has 0 saturated carbocycles. The highest BCUT2D eigenvalue weighted by molar-refractivity contribution is 5.86. The van der Waals surface area contributed by atoms with Gasteiger partial charge in [-0.15, -0.1) is 0 Å². The molecule has 12 heavy (non-hydrogen) atoms. The maximum Gasteiger partial charge on any atom is 0.164 e. The SMILES string of the molecule is CCCCC(=O)C(O)(CC)CC. The molecule has 0 fully saturated rings. The van der Waals surface area contributed by atoms with E-state index in [1.54, 1.807) is 0 Å². The lowest BCUT2D eigenvalue weighted by atomic mass is 9.89. The lowest BCUT2D eigenvalue weighted by Gasteiger charge is -2.23. The van der Waals surface area contributed by atoms with Gasteiger partial charge in [0.1, 0.15) is 5.60 Å². The summed E-state index contributed by atoms with van der Waals surface area (Å²) in [7, 11) is 0. The van der Waals surface area contributed by atoms with Crippen molar-refractivity contribution in [1.82, 2.24) is 0 Å². The summed E-state index contributed by atoms with van der Waals surface area (Å²) < 4.78 is 0. The van der Waals surface area contributed by atoms with Gasteiger partial charge in [0.2, 0.25) is 0 Å². The quantitative estimate of drug-likeness (QED) is 0.667. The van der Waals surface area contributed by atoms with Crippen molar-refractivity contribution in [2.75, 3.05) is 0 Å². The van der Waals surface area contributed by atoms with Gasteiger partial charge in [-0.05, 0) is 19.3 Å². The molecule has 2 nitrogen and oxygen atoms in total. The molecule has 0 aromatic carbocycles. The van der Waals surface area contributed by atoms with E-state index in [1.165, 1.54) is 0 Å². The van der Waals surface area contributed by atoms with Crippen LogP contribution < -0.4 is 0 Å². The van der Waals surface area contributed by atoms with Crippen LogP contribution in [0.15, 0.2) is 0 Å². The third kappa shape index (κ3) is 2.94. The molecule has 0 aliphatic heterocycles. The molecule has 0 amide bonds. The molecule has 0 rings (SSSR count). The van der Waals surface area contributed by atoms with Crippen molar-refractivity contribution < 1.29 is 9.90 Å². The van der Waals surface area contributed by atoms with E-state index in [0.29, 0.717) is 19.3 Å². The minimum absolute atomic E-state index is 0.00866. The zero-order chi connectivity index (χ0) is 9.61. The van der Waals surface area contributed by atoms with Crippen molar-refractivity contribution in [3.05, 3.63) is 0 Å². The lowest BCUT2D eigenvalue weighted by molar-refractivity contribution is -0.138. The Morgan fingerprint density at radius 3 is 2.08 bits per heavy atom. The molecule has 0 aliphatic carbocycles. The third-order valence-corrected chi connectivity index (χ3v) is 2.45. The number of aliphatic hydroxyl groups is 1. The van der Waals surface area contributed by atoms with Crippen molar-refractivity contribution in [2.24, 2.45) is 0 Å². The Bertz CT molecular complexity index is 137. The Hall–Kier alpha value is -0.370. The average Bonchev–Trinajstić information content (AvgIpc) is 2.12. The lowest BCUT2D eigenvalue weighted by Crippen LogP contribution is -2.36. The summed E-state index contributed by atoms with van der Waals surface area (Å²) in [6.07, 6.45) is 3.49. The Morgan fingerprint density at radius 1 is 1.25 bits per heavy atom. The van der Waals surface area contributed by atoms with Gasteiger partial charge in [0.15, 0.2) is 5.78 Å². The molecular weight excluding hydrogens is 152 g/mol. The van der Waals surface area contributed by atoms with E-state index in [9.17, 15) is 9.90 Å². The monoisotopic (exact) mass is 172 g/mol. The summed E-state index contributed by atoms with van der Waals surface area (Å²) in [5.41, 5.74) is -1.05. The van der Waals surface area contributed by atoms with Crippen LogP contribution in [0.3, 0.4) is 0 Å². The summed E-state index contributed by atoms with van der Waals surface area (Å²) in [6.45, 7) is 5.75. The van der Waals surface area contributed by atoms with Crippen LogP contribution in [0.25, 0.3) is 0 Å². The molecule has 0 heterocycles. The first-order chi connectivity index (χ1) is 5.60. The molecule has 0 aromatic rings. The van der Waals surface area contributed by atoms with Gasteiger partial charge < -0.3 is 5.11 Å². The van der Waals surface area contributed by atoms with Crippen LogP contribution in [0, 0.1) is 0 Å². The first-order valence-corrected chi connectivity index (χ1v) is 4.86. The molecule has 0 saturated heterocycles. The van der Waals surface area contributed by atoms with Crippen molar-refractivity contribution in [3.63, 3.8) is 0 Å². The van der Waals surface area contributed by atoms with E-state index < -0.39 is 5.60 Å². The van der Waals surface area contributed by atoms with Crippen LogP contribution in [-0.2, 0) is 4.79 Å². The van der Waals surface area contributed by atoms with Gasteiger partial charge in [-0.1, -0.05) is 27.2 Å². The first kappa shape index (κ1) is 11.6. The second-order valence-corrected chi connectivity index (χ2v) is 3.27. The predicted octanol–water partition coefficient (Wildman–Crippen LogP) is 2.30. The predicted molar refractivity (Wildman–Crippen MR) is 50.1 cm³/mol. The molecule has 0 aliphatic rings. The third-order valence-electron chi connectivity index (χ3n) is 2.45. The van der Waals surface area contributed by atoms with E-state index in [2.05, 4.69) is 0 Å². The smallest absolute Gasteiger partial charge is 0.164 e. The van der Waals surface area contributed by atoms with Crippen molar-refractivity contribution in [3.8, 4) is 0 Å². The average molecular weight is 172 g/mol. The fraction of sp³-hybridized carbons (Fsp3) is 0.900. The van der Waals surface area contributed by atoms with E-state index in [-0.39, 0.29) is 5.78 Å². The summed E-state index contributed by atoms with van der Waals surface area (Å²) >= 11 is 0. The Morgan fingerprint density at radius 2 is 1.75 bits per heavy atom. The highest BCUT2D eigenvalue weighted by Gasteiger charge is 2.30. The largest absolute Gasteiger partial charge is 0.382 e. The van der Waals surface area contributed by atoms with Gasteiger partial charge >= 0.3 is 0 Å². The molecule has 0 unspecified atom stereocenters. The molecule has 0 spiro atoms. The topological polar surface area (TPSA) is 37.3 Å². The summed E-state index contributed by atoms with van der Waals surface area (Å²) in [5, 5.41) is 9.77. The van der Waals surface area contributed by atoms with Crippen molar-refractivity contribution in [1.29, 1.82) is 0 Å². The van der Waals surface area contributed by atoms with Crippen LogP contribution in [0.4, 0.5) is 0 Å². The zero-order valence-electron chi connectivity index (χ0n) is 8.39. The summed E-state index contributed by atoms with van der Waals surface area (Å²) in [4.78, 5) is 11.4. The van der Waals surface area contributed by atoms with Crippen LogP contribution in [0.2, 0.25) is 0 Å². The van der Waals surface area contributed by atoms with Crippen LogP contribution in [-0.4, -0.2) is 16.5 Å². The van der Waals surface area contributed by atoms with Gasteiger partial charge in [0.25, 0.3) is 0 Å². The second kappa shape index (κ2) is 5.31. The minimum Gasteiger partial charge on any atom is -0.382 e. The van der Waals surface area contributed by atoms with Gasteiger partial charge in [-0.2, -0.15) is 0 Å². The van der Waals surface area contributed by atoms with E-state index in [1.807, 2.05) is 20.8 Å². The molecule has 1 N–H and O–H groups in total. The van der Waals surface area contributed by atoms with Crippen LogP contribution in [0.5, 0.6) is 0 Å². The van der Waals surface area contributed by atoms with Gasteiger partial charge in [0, 0.05) is 6.42 Å². The molecule has 2 heteroatoms. The molecule has 72 valence electrons. The maximum absolute atomic E-state index is 11.4. The fourth-order valence-corrected chi connectivity index (χ4v) is 1.21. The number of carbonyl (C=O) groups excluding carboxylic acids is 1. The number of ketones is 1. The standard InChI is InChI=1S/C10H20O2/c1-4-7-8-9(11)10(12,5-2)6-3/h12H,4-8H2,1-3H3.